The van der Waals surface area contributed by atoms with Gasteiger partial charge in [0.2, 0.25) is 0 Å². The highest BCUT2D eigenvalue weighted by atomic mass is 15.3. The van der Waals surface area contributed by atoms with Gasteiger partial charge in [0.25, 0.3) is 0 Å². The first-order valence-electron chi connectivity index (χ1n) is 6.84. The van der Waals surface area contributed by atoms with Crippen molar-refractivity contribution < 1.29 is 0 Å². The van der Waals surface area contributed by atoms with Crippen LogP contribution in [-0.4, -0.2) is 80.1 Å². The molecule has 1 saturated heterocycles. The molecule has 102 valence electrons. The summed E-state index contributed by atoms with van der Waals surface area (Å²) in [4.78, 5) is 7.38. The van der Waals surface area contributed by atoms with E-state index < -0.39 is 0 Å². The van der Waals surface area contributed by atoms with E-state index in [1.54, 1.807) is 0 Å². The van der Waals surface area contributed by atoms with E-state index in [4.69, 9.17) is 5.73 Å². The fourth-order valence-electron chi connectivity index (χ4n) is 2.20. The zero-order valence-electron chi connectivity index (χ0n) is 12.1. The van der Waals surface area contributed by atoms with Crippen molar-refractivity contribution in [1.82, 2.24) is 14.7 Å². The fourth-order valence-corrected chi connectivity index (χ4v) is 2.20. The van der Waals surface area contributed by atoms with Crippen LogP contribution in [0.2, 0.25) is 0 Å². The lowest BCUT2D eigenvalue weighted by Gasteiger charge is -2.39. The minimum absolute atomic E-state index is 0.159. The molecular weight excluding hydrogens is 212 g/mol. The smallest absolute Gasteiger partial charge is 0.0298 e. The lowest BCUT2D eigenvalue weighted by Crippen LogP contribution is -2.53. The zero-order valence-corrected chi connectivity index (χ0v) is 12.1. The quantitative estimate of drug-likeness (QED) is 0.726. The summed E-state index contributed by atoms with van der Waals surface area (Å²) in [5.41, 5.74) is 6.04. The fraction of sp³-hybridized carbons (Fsp3) is 1.00. The second-order valence-corrected chi connectivity index (χ2v) is 5.62. The summed E-state index contributed by atoms with van der Waals surface area (Å²) in [5, 5.41) is 0. The van der Waals surface area contributed by atoms with Crippen LogP contribution in [0.3, 0.4) is 0 Å². The van der Waals surface area contributed by atoms with E-state index >= 15 is 0 Å². The lowest BCUT2D eigenvalue weighted by molar-refractivity contribution is 0.0979. The molecule has 1 atom stereocenters. The lowest BCUT2D eigenvalue weighted by atomic mass is 9.97. The Bertz CT molecular complexity index is 207. The van der Waals surface area contributed by atoms with Gasteiger partial charge in [0, 0.05) is 51.4 Å². The van der Waals surface area contributed by atoms with Crippen molar-refractivity contribution in [2.24, 2.45) is 5.73 Å². The van der Waals surface area contributed by atoms with Crippen LogP contribution in [0.15, 0.2) is 0 Å². The van der Waals surface area contributed by atoms with Gasteiger partial charge in [-0.2, -0.15) is 0 Å². The molecule has 1 aliphatic heterocycles. The molecule has 0 saturated carbocycles. The van der Waals surface area contributed by atoms with Gasteiger partial charge >= 0.3 is 0 Å². The average molecular weight is 242 g/mol. The second-order valence-electron chi connectivity index (χ2n) is 5.62. The Labute approximate surface area is 107 Å². The highest BCUT2D eigenvalue weighted by molar-refractivity contribution is 4.84. The first-order chi connectivity index (χ1) is 8.01. The Hall–Kier alpha value is -0.160. The largest absolute Gasteiger partial charge is 0.329 e. The van der Waals surface area contributed by atoms with Crippen LogP contribution in [0.1, 0.15) is 20.3 Å². The molecule has 1 fully saturated rings. The maximum absolute atomic E-state index is 5.88. The molecule has 0 bridgehead atoms. The molecule has 0 spiro atoms. The molecule has 0 aromatic heterocycles. The number of piperazine rings is 1. The summed E-state index contributed by atoms with van der Waals surface area (Å²) in [6, 6.07) is 0. The number of hydrogen-bond donors (Lipinski definition) is 1. The van der Waals surface area contributed by atoms with Crippen LogP contribution < -0.4 is 5.73 Å². The maximum atomic E-state index is 5.88. The van der Waals surface area contributed by atoms with Gasteiger partial charge in [0.1, 0.15) is 0 Å². The van der Waals surface area contributed by atoms with Gasteiger partial charge in [-0.15, -0.1) is 0 Å². The van der Waals surface area contributed by atoms with Gasteiger partial charge in [-0.05, 0) is 27.4 Å². The molecule has 0 aromatic rings. The van der Waals surface area contributed by atoms with E-state index in [2.05, 4.69) is 42.6 Å². The first-order valence-corrected chi connectivity index (χ1v) is 6.84. The predicted octanol–water partition coefficient (Wildman–Crippen LogP) is 0.293. The molecule has 0 amide bonds. The van der Waals surface area contributed by atoms with Crippen LogP contribution in [0.4, 0.5) is 0 Å². The normalized spacial score (nSPS) is 22.9. The van der Waals surface area contributed by atoms with Gasteiger partial charge in [0.05, 0.1) is 0 Å². The Balaban J connectivity index is 2.30. The van der Waals surface area contributed by atoms with E-state index in [0.717, 1.165) is 19.5 Å². The van der Waals surface area contributed by atoms with Gasteiger partial charge in [-0.3, -0.25) is 9.80 Å². The van der Waals surface area contributed by atoms with Gasteiger partial charge in [-0.25, -0.2) is 0 Å². The summed E-state index contributed by atoms with van der Waals surface area (Å²) in [7, 11) is 4.40. The zero-order chi connectivity index (χ0) is 12.9. The molecule has 4 nitrogen and oxygen atoms in total. The van der Waals surface area contributed by atoms with Crippen molar-refractivity contribution in [2.45, 2.75) is 25.8 Å². The van der Waals surface area contributed by atoms with E-state index in [-0.39, 0.29) is 5.54 Å². The maximum Gasteiger partial charge on any atom is 0.0298 e. The highest BCUT2D eigenvalue weighted by Crippen LogP contribution is 2.15. The molecule has 1 rings (SSSR count). The minimum atomic E-state index is 0.159. The molecule has 2 N–H and O–H groups in total. The Morgan fingerprint density at radius 3 is 2.29 bits per heavy atom. The molecule has 1 heterocycles. The van der Waals surface area contributed by atoms with E-state index in [1.165, 1.54) is 32.7 Å². The van der Waals surface area contributed by atoms with Crippen LogP contribution in [0.5, 0.6) is 0 Å². The predicted molar refractivity (Wildman–Crippen MR) is 74.3 cm³/mol. The summed E-state index contributed by atoms with van der Waals surface area (Å²) < 4.78 is 0. The number of rotatable bonds is 6. The van der Waals surface area contributed by atoms with E-state index in [1.807, 2.05) is 0 Å². The topological polar surface area (TPSA) is 35.7 Å². The van der Waals surface area contributed by atoms with Crippen molar-refractivity contribution in [3.63, 3.8) is 0 Å². The molecule has 4 heteroatoms. The summed E-state index contributed by atoms with van der Waals surface area (Å²) in [6.45, 7) is 12.3. The molecular formula is C13H30N4. The van der Waals surface area contributed by atoms with Crippen LogP contribution in [0.25, 0.3) is 0 Å². The summed E-state index contributed by atoms with van der Waals surface area (Å²) in [6.07, 6.45) is 1.11. The van der Waals surface area contributed by atoms with E-state index in [9.17, 15) is 0 Å². The number of likely N-dealkylation sites (N-methyl/N-ethyl adjacent to an activating group) is 2. The third-order valence-electron chi connectivity index (χ3n) is 4.47. The third-order valence-corrected chi connectivity index (χ3v) is 4.47. The van der Waals surface area contributed by atoms with Crippen molar-refractivity contribution in [3.05, 3.63) is 0 Å². The van der Waals surface area contributed by atoms with E-state index in [0.29, 0.717) is 0 Å². The molecule has 1 unspecified atom stereocenters. The third kappa shape index (κ3) is 4.21. The summed E-state index contributed by atoms with van der Waals surface area (Å²) >= 11 is 0. The molecule has 1 aliphatic rings. The SMILES string of the molecule is CCC(C)(CN)N(C)CCN1CCN(C)CC1. The van der Waals surface area contributed by atoms with Crippen LogP contribution in [-0.2, 0) is 0 Å². The number of nitrogens with two attached hydrogens (primary N) is 1. The molecule has 17 heavy (non-hydrogen) atoms. The standard InChI is InChI=1S/C13H30N4/c1-5-13(2,12-14)16(4)8-11-17-9-6-15(3)7-10-17/h5-12,14H2,1-4H3. The highest BCUT2D eigenvalue weighted by Gasteiger charge is 2.25. The Morgan fingerprint density at radius 1 is 1.24 bits per heavy atom. The van der Waals surface area contributed by atoms with Crippen molar-refractivity contribution >= 4 is 0 Å². The van der Waals surface area contributed by atoms with Gasteiger partial charge < -0.3 is 10.6 Å². The summed E-state index contributed by atoms with van der Waals surface area (Å²) in [5.74, 6) is 0. The van der Waals surface area contributed by atoms with Gasteiger partial charge in [0.15, 0.2) is 0 Å². The van der Waals surface area contributed by atoms with Crippen molar-refractivity contribution in [2.75, 3.05) is 59.9 Å². The monoisotopic (exact) mass is 242 g/mol. The van der Waals surface area contributed by atoms with Crippen LogP contribution in [0, 0.1) is 0 Å². The average Bonchev–Trinajstić information content (AvgIpc) is 2.36. The van der Waals surface area contributed by atoms with Crippen LogP contribution >= 0.6 is 0 Å². The Kier molecular flexibility index (Phi) is 5.86. The number of hydrogen-bond acceptors (Lipinski definition) is 4. The minimum Gasteiger partial charge on any atom is -0.329 e. The second kappa shape index (κ2) is 6.69. The molecule has 0 aliphatic carbocycles. The Morgan fingerprint density at radius 2 is 1.82 bits per heavy atom. The molecule has 0 radical (unpaired) electrons. The number of nitrogens with zero attached hydrogens (tertiary/aromatic N) is 3. The van der Waals surface area contributed by atoms with Crippen molar-refractivity contribution in [1.29, 1.82) is 0 Å². The molecule has 0 aromatic carbocycles. The van der Waals surface area contributed by atoms with Gasteiger partial charge in [-0.1, -0.05) is 6.92 Å². The first kappa shape index (κ1) is 14.9. The van der Waals surface area contributed by atoms with Crippen molar-refractivity contribution in [3.8, 4) is 0 Å².